The number of benzene rings is 2. The molecule has 0 radical (unpaired) electrons. The maximum absolute atomic E-state index is 12.3. The van der Waals surface area contributed by atoms with Gasteiger partial charge in [0.05, 0.1) is 26.3 Å². The molecule has 0 aromatic heterocycles. The number of carbonyl (C=O) groups excluding carboxylic acids is 1. The molecule has 5 nitrogen and oxygen atoms in total. The molecule has 2 N–H and O–H groups in total. The van der Waals surface area contributed by atoms with Crippen LogP contribution in [0, 0.1) is 0 Å². The van der Waals surface area contributed by atoms with Crippen molar-refractivity contribution in [2.45, 2.75) is 19.0 Å². The van der Waals surface area contributed by atoms with Gasteiger partial charge in [0.25, 0.3) is 0 Å². The number of amides is 1. The molecule has 1 aliphatic rings. The molecule has 1 atom stereocenters. The second-order valence-electron chi connectivity index (χ2n) is 6.25. The summed E-state index contributed by atoms with van der Waals surface area (Å²) in [5.41, 5.74) is 3.38. The Morgan fingerprint density at radius 2 is 2.12 bits per heavy atom. The molecule has 132 valence electrons. The Labute approximate surface area is 148 Å². The first-order valence-corrected chi connectivity index (χ1v) is 8.53. The Kier molecular flexibility index (Phi) is 5.68. The number of aliphatic hydroxyl groups excluding tert-OH is 1. The van der Waals surface area contributed by atoms with E-state index in [4.69, 9.17) is 4.74 Å². The minimum atomic E-state index is -0.118. The van der Waals surface area contributed by atoms with Gasteiger partial charge in [-0.1, -0.05) is 36.4 Å². The normalized spacial score (nSPS) is 17.0. The minimum absolute atomic E-state index is 0.0141. The van der Waals surface area contributed by atoms with Crippen LogP contribution < -0.4 is 10.1 Å². The van der Waals surface area contributed by atoms with E-state index in [9.17, 15) is 9.90 Å². The molecule has 2 aromatic rings. The van der Waals surface area contributed by atoms with Crippen LogP contribution in [0.1, 0.15) is 22.7 Å². The molecular formula is C20H24N2O3. The van der Waals surface area contributed by atoms with Gasteiger partial charge in [-0.05, 0) is 35.2 Å². The van der Waals surface area contributed by atoms with Gasteiger partial charge < -0.3 is 15.2 Å². The van der Waals surface area contributed by atoms with Crippen molar-refractivity contribution in [3.63, 3.8) is 0 Å². The van der Waals surface area contributed by atoms with E-state index in [0.717, 1.165) is 29.8 Å². The smallest absolute Gasteiger partial charge is 0.234 e. The van der Waals surface area contributed by atoms with E-state index >= 15 is 0 Å². The Balaban J connectivity index is 1.59. The van der Waals surface area contributed by atoms with Crippen molar-refractivity contribution in [2.75, 3.05) is 26.8 Å². The van der Waals surface area contributed by atoms with Crippen LogP contribution >= 0.6 is 0 Å². The lowest BCUT2D eigenvalue weighted by molar-refractivity contribution is -0.123. The third kappa shape index (κ3) is 4.18. The Morgan fingerprint density at radius 1 is 1.28 bits per heavy atom. The van der Waals surface area contributed by atoms with Crippen LogP contribution in [0.15, 0.2) is 48.5 Å². The number of hydrogen-bond donors (Lipinski definition) is 2. The number of methoxy groups -OCH3 is 1. The largest absolute Gasteiger partial charge is 0.497 e. The van der Waals surface area contributed by atoms with Gasteiger partial charge in [0.1, 0.15) is 5.75 Å². The maximum atomic E-state index is 12.3. The average molecular weight is 340 g/mol. The van der Waals surface area contributed by atoms with Crippen molar-refractivity contribution in [1.82, 2.24) is 10.2 Å². The fourth-order valence-corrected chi connectivity index (χ4v) is 3.33. The summed E-state index contributed by atoms with van der Waals surface area (Å²) in [6, 6.07) is 15.7. The van der Waals surface area contributed by atoms with E-state index < -0.39 is 0 Å². The van der Waals surface area contributed by atoms with Gasteiger partial charge in [-0.3, -0.25) is 9.69 Å². The standard InChI is InChI=1S/C20H24N2O3/c1-25-17-7-4-5-15(11-17)12-21-20(24)13-22-10-9-16-6-2-3-8-18(16)19(22)14-23/h2-8,11,19,23H,9-10,12-14H2,1H3,(H,21,24). The predicted octanol–water partition coefficient (Wildman–Crippen LogP) is 1.90. The monoisotopic (exact) mass is 340 g/mol. The quantitative estimate of drug-likeness (QED) is 0.843. The van der Waals surface area contributed by atoms with Crippen LogP contribution in [0.4, 0.5) is 0 Å². The SMILES string of the molecule is COc1cccc(CNC(=O)CN2CCc3ccccc3C2CO)c1. The summed E-state index contributed by atoms with van der Waals surface area (Å²) in [5.74, 6) is 0.736. The molecule has 0 saturated heterocycles. The summed E-state index contributed by atoms with van der Waals surface area (Å²) in [7, 11) is 1.63. The number of ether oxygens (including phenoxy) is 1. The summed E-state index contributed by atoms with van der Waals surface area (Å²) in [6.07, 6.45) is 0.899. The van der Waals surface area contributed by atoms with Gasteiger partial charge >= 0.3 is 0 Å². The van der Waals surface area contributed by atoms with Crippen molar-refractivity contribution in [2.24, 2.45) is 0 Å². The van der Waals surface area contributed by atoms with Gasteiger partial charge in [-0.2, -0.15) is 0 Å². The van der Waals surface area contributed by atoms with E-state index in [1.54, 1.807) is 7.11 Å². The Bertz CT molecular complexity index is 732. The lowest BCUT2D eigenvalue weighted by Crippen LogP contribution is -2.43. The van der Waals surface area contributed by atoms with E-state index in [1.165, 1.54) is 5.56 Å². The molecule has 3 rings (SSSR count). The molecule has 0 bridgehead atoms. The van der Waals surface area contributed by atoms with Crippen LogP contribution in [0.5, 0.6) is 5.75 Å². The van der Waals surface area contributed by atoms with Crippen molar-refractivity contribution in [1.29, 1.82) is 0 Å². The van der Waals surface area contributed by atoms with Crippen molar-refractivity contribution >= 4 is 5.91 Å². The van der Waals surface area contributed by atoms with E-state index in [-0.39, 0.29) is 25.1 Å². The van der Waals surface area contributed by atoms with Crippen LogP contribution in [-0.2, 0) is 17.8 Å². The van der Waals surface area contributed by atoms with Crippen LogP contribution in [-0.4, -0.2) is 42.7 Å². The first kappa shape index (κ1) is 17.5. The molecule has 1 amide bonds. The van der Waals surface area contributed by atoms with Crippen molar-refractivity contribution in [3.05, 3.63) is 65.2 Å². The Morgan fingerprint density at radius 3 is 2.92 bits per heavy atom. The minimum Gasteiger partial charge on any atom is -0.497 e. The third-order valence-corrected chi connectivity index (χ3v) is 4.67. The fourth-order valence-electron chi connectivity index (χ4n) is 3.33. The zero-order valence-corrected chi connectivity index (χ0v) is 14.4. The number of nitrogens with one attached hydrogen (secondary N) is 1. The molecule has 0 saturated carbocycles. The molecule has 1 aliphatic heterocycles. The summed E-state index contributed by atoms with van der Waals surface area (Å²) in [6.45, 7) is 1.53. The highest BCUT2D eigenvalue weighted by atomic mass is 16.5. The van der Waals surface area contributed by atoms with Gasteiger partial charge in [0.15, 0.2) is 0 Å². The van der Waals surface area contributed by atoms with Crippen LogP contribution in [0.2, 0.25) is 0 Å². The van der Waals surface area contributed by atoms with Crippen LogP contribution in [0.25, 0.3) is 0 Å². The number of fused-ring (bicyclic) bond motifs is 1. The van der Waals surface area contributed by atoms with Gasteiger partial charge in [0, 0.05) is 13.1 Å². The zero-order chi connectivity index (χ0) is 17.6. The number of carbonyl (C=O) groups is 1. The Hall–Kier alpha value is -2.37. The highest BCUT2D eigenvalue weighted by Gasteiger charge is 2.27. The summed E-state index contributed by atoms with van der Waals surface area (Å²) >= 11 is 0. The molecule has 5 heteroatoms. The highest BCUT2D eigenvalue weighted by molar-refractivity contribution is 5.78. The molecule has 1 heterocycles. The zero-order valence-electron chi connectivity index (χ0n) is 14.4. The number of rotatable bonds is 6. The molecule has 0 fully saturated rings. The van der Waals surface area contributed by atoms with E-state index in [2.05, 4.69) is 11.4 Å². The summed E-state index contributed by atoms with van der Waals surface area (Å²) < 4.78 is 5.20. The molecule has 0 aliphatic carbocycles. The summed E-state index contributed by atoms with van der Waals surface area (Å²) in [4.78, 5) is 14.4. The topological polar surface area (TPSA) is 61.8 Å². The van der Waals surface area contributed by atoms with Gasteiger partial charge in [0.2, 0.25) is 5.91 Å². The third-order valence-electron chi connectivity index (χ3n) is 4.67. The van der Waals surface area contributed by atoms with E-state index in [1.807, 2.05) is 47.4 Å². The lowest BCUT2D eigenvalue weighted by Gasteiger charge is -2.35. The number of hydrogen-bond acceptors (Lipinski definition) is 4. The molecular weight excluding hydrogens is 316 g/mol. The highest BCUT2D eigenvalue weighted by Crippen LogP contribution is 2.28. The van der Waals surface area contributed by atoms with Gasteiger partial charge in [-0.15, -0.1) is 0 Å². The summed E-state index contributed by atoms with van der Waals surface area (Å²) in [5, 5.41) is 12.7. The number of aliphatic hydroxyl groups is 1. The van der Waals surface area contributed by atoms with Gasteiger partial charge in [-0.25, -0.2) is 0 Å². The second kappa shape index (κ2) is 8.14. The molecule has 2 aromatic carbocycles. The van der Waals surface area contributed by atoms with E-state index in [0.29, 0.717) is 6.54 Å². The average Bonchev–Trinajstić information content (AvgIpc) is 2.66. The first-order chi connectivity index (χ1) is 12.2. The molecule has 25 heavy (non-hydrogen) atoms. The van der Waals surface area contributed by atoms with Crippen molar-refractivity contribution in [3.8, 4) is 5.75 Å². The predicted molar refractivity (Wildman–Crippen MR) is 96.4 cm³/mol. The second-order valence-corrected chi connectivity index (χ2v) is 6.25. The maximum Gasteiger partial charge on any atom is 0.234 e. The van der Waals surface area contributed by atoms with Crippen molar-refractivity contribution < 1.29 is 14.6 Å². The molecule has 0 spiro atoms. The number of nitrogens with zero attached hydrogens (tertiary/aromatic N) is 1. The van der Waals surface area contributed by atoms with Crippen LogP contribution in [0.3, 0.4) is 0 Å². The molecule has 1 unspecified atom stereocenters. The lowest BCUT2D eigenvalue weighted by atomic mass is 9.93. The first-order valence-electron chi connectivity index (χ1n) is 8.53. The fraction of sp³-hybridized carbons (Fsp3) is 0.350.